The van der Waals surface area contributed by atoms with Crippen LogP contribution in [0.15, 0.2) is 72.5 Å². The molecule has 140 heavy (non-hydrogen) atoms. The molecule has 0 amide bonds. The molecule has 0 radical (unpaired) electrons. The van der Waals surface area contributed by atoms with Gasteiger partial charge in [0.1, 0.15) is 0 Å². The third-order valence-corrected chi connectivity index (χ3v) is 21.6. The van der Waals surface area contributed by atoms with Gasteiger partial charge in [-0.15, -0.1) is 0 Å². The van der Waals surface area contributed by atoms with Crippen molar-refractivity contribution in [2.45, 2.75) is 284 Å². The van der Waals surface area contributed by atoms with Crippen LogP contribution < -0.4 is 56.8 Å². The Morgan fingerprint density at radius 2 is 0.507 bits per heavy atom. The molecule has 18 rings (SSSR count). The lowest BCUT2D eigenvalue weighted by Crippen LogP contribution is -2.48. The topological polar surface area (TPSA) is 252 Å². The van der Waals surface area contributed by atoms with Gasteiger partial charge < -0.3 is 87.5 Å². The molecule has 0 aromatic heterocycles. The number of hydrogen-bond donors (Lipinski definition) is 6. The van der Waals surface area contributed by atoms with E-state index in [9.17, 15) is 38.9 Å². The molecule has 6 aromatic rings. The average Bonchev–Trinajstić information content (AvgIpc) is 0.634. The largest absolute Gasteiger partial charge is 0.493 e. The van der Waals surface area contributed by atoms with Gasteiger partial charge in [0, 0.05) is 198 Å². The first-order valence-electron chi connectivity index (χ1n) is 89.2. The fraction of sp³-hybridized carbons (Fsp3) is 0.690. The summed E-state index contributed by atoms with van der Waals surface area (Å²) in [4.78, 5) is -0.316. The fourth-order valence-electron chi connectivity index (χ4n) is 15.3. The minimum atomic E-state index is -3.87. The Morgan fingerprint density at radius 3 is 0.721 bits per heavy atom. The third kappa shape index (κ3) is 26.3. The number of piperidine rings is 6. The Balaban J connectivity index is 0.000000219. The number of aliphatic hydroxyl groups excluding tert-OH is 3. The van der Waals surface area contributed by atoms with Crippen molar-refractivity contribution < 1.29 is 212 Å². The summed E-state index contributed by atoms with van der Waals surface area (Å²) in [6.45, 7) is -43.3. The van der Waals surface area contributed by atoms with E-state index in [2.05, 4.69) is 0 Å². The summed E-state index contributed by atoms with van der Waals surface area (Å²) >= 11 is 0. The summed E-state index contributed by atoms with van der Waals surface area (Å²) in [7, 11) is -0.352. The fourth-order valence-corrected chi connectivity index (χ4v) is 15.3. The first-order valence-corrected chi connectivity index (χ1v) is 43.7. The maximum Gasteiger partial charge on any atom is 0.161 e. The SMILES string of the molecule is [2H]c1c(OC([2H])([2H])[2H])c(OC)c([2H])c2c1C1([2H])CC(O)C(C([2H])([2H])C(C)(C([2H])([2H])[2H])C([2H])([2H])[2H])C([2H])([2H])N1C([2H])([2H])C2([2H])[2H].[2H]c1c(OC([2H])([2H])[2H])c(OC)c([2H])c2c1C1([2H])CC(O)C(CC(C)C)C([2H])([2H])N1C([2H])([2H])C2([2H])[2H].[2H]c1c(OC)c(OC([2H])([2H])[2H])c([2H])c2c1C([2H])([2H])C([2H])([2H])N1C([2H])([2H])C([2H])(CC(C)C)C([2H])(O)C([2H])([2H])C21[2H].[2H]c1c(OC)c(OC)c([2H])c2c1C([2H])([2H])C([2H])([2H])N1C([2H])([2H])C([2H])(CC(C)C)C([2H])(O)C([2H])([2H])C21[2H].[2H]c1c(OC)c(OC)c([2H])c2c1C([2H])([2H])C([2H])([2H])N1C([2H])([2H])C([2H])(CC(C)C)C([2H])(O)C([2H])([2H])C21[2H].[2H]c1c(OC)c(OC)c([2H])c2c1C1([2H])CC(O)C(C([2H])([2H])C(C)(C([2H])([2H])[2H])C([2H])([2H])[2H])C([2H])([2H])N1C([2H])([2H])C2([2H])[2H]. The summed E-state index contributed by atoms with van der Waals surface area (Å²) in [5.41, 5.74) is -18.1. The molecule has 0 saturated carbocycles. The molecule has 24 nitrogen and oxygen atoms in total. The van der Waals surface area contributed by atoms with Crippen molar-refractivity contribution in [2.24, 2.45) is 69.9 Å². The normalized spacial score (nSPS) is 51.6. The zero-order valence-electron chi connectivity index (χ0n) is 171. The molecule has 18 unspecified atom stereocenters. The van der Waals surface area contributed by atoms with Crippen molar-refractivity contribution in [1.82, 2.24) is 29.4 Å². The highest BCUT2D eigenvalue weighted by Crippen LogP contribution is 2.53. The van der Waals surface area contributed by atoms with Gasteiger partial charge in [-0.25, -0.2) is 0 Å². The quantitative estimate of drug-likeness (QED) is 0.0369. The summed E-state index contributed by atoms with van der Waals surface area (Å²) in [6.07, 6.45) is -61.4. The standard InChI is InChI=1S/2C20H31NO3.4C19H29NO3/c2*1-20(2,3)11-14-12-21-7-6-13-8-18(23-4)19(24-5)9-15(13)16(21)10-17(14)22;4*1-12(2)7-14-11-20-6-5-13-8-18(22-3)19(23-4)9-15(13)16(20)10-17(14)21/h2*8-9,14,16-17,22H,6-7,10-12H2,1-5H3;4*8-9,12,14,16-17,21H,5-7,10-11H2,1-4H3/i1D3,2D3,5D3,6D2,7D2,8D,9D,11D2,12D2,16D;1D3,2D3,6D2,7D2,8D,9D,11D2,12D2,16D;4D3,5D2,6D2,8D,9D,10D2,11D2,14D,16D,17D;2*5D2,6D2,8D,9D,10D2,11D2,14D,16D,17D;4D3,5D2,6D2,8D,9D,11D2,16D. The van der Waals surface area contributed by atoms with Crippen LogP contribution in [0.25, 0.3) is 0 Å². The maximum atomic E-state index is 11.3. The molecule has 0 spiro atoms. The molecule has 6 saturated heterocycles. The predicted molar refractivity (Wildman–Crippen MR) is 556 cm³/mol. The second kappa shape index (κ2) is 48.6. The first kappa shape index (κ1) is 41.3. The van der Waals surface area contributed by atoms with Gasteiger partial charge in [-0.2, -0.15) is 0 Å². The zero-order valence-corrected chi connectivity index (χ0v) is 80.0. The van der Waals surface area contributed by atoms with E-state index in [1.165, 1.54) is 41.5 Å². The highest BCUT2D eigenvalue weighted by atomic mass is 16.5. The highest BCUT2D eigenvalue weighted by Gasteiger charge is 2.47. The van der Waals surface area contributed by atoms with Gasteiger partial charge in [0.25, 0.3) is 0 Å². The summed E-state index contributed by atoms with van der Waals surface area (Å²) in [6, 6.07) is -30.7. The number of methoxy groups -OCH3 is 12. The van der Waals surface area contributed by atoms with Crippen LogP contribution in [0.3, 0.4) is 0 Å². The number of benzene rings is 6. The Morgan fingerprint density at radius 1 is 0.307 bits per heavy atom. The number of hydrogen-bond acceptors (Lipinski definition) is 24. The molecule has 0 aliphatic carbocycles. The summed E-state index contributed by atoms with van der Waals surface area (Å²) < 4.78 is 835. The highest BCUT2D eigenvalue weighted by molar-refractivity contribution is 5.55. The Kier molecular flexibility index (Phi) is 14.3. The van der Waals surface area contributed by atoms with E-state index >= 15 is 0 Å². The van der Waals surface area contributed by atoms with Gasteiger partial charge >= 0.3 is 0 Å². The lowest BCUT2D eigenvalue weighted by molar-refractivity contribution is -0.0259. The van der Waals surface area contributed by atoms with E-state index in [1.54, 1.807) is 13.8 Å². The molecule has 24 heteroatoms. The van der Waals surface area contributed by atoms with Gasteiger partial charge in [0.15, 0.2) is 69.0 Å². The molecule has 6 N–H and O–H groups in total. The lowest BCUT2D eigenvalue weighted by Gasteiger charge is -2.47. The van der Waals surface area contributed by atoms with Crippen LogP contribution in [0.1, 0.15) is 401 Å². The van der Waals surface area contributed by atoms with Crippen LogP contribution in [0.4, 0.5) is 0 Å². The van der Waals surface area contributed by atoms with Crippen LogP contribution >= 0.6 is 0 Å². The van der Waals surface area contributed by atoms with Crippen molar-refractivity contribution in [1.29, 1.82) is 0 Å². The summed E-state index contributed by atoms with van der Waals surface area (Å²) in [5, 5.41) is 67.4. The number of aliphatic hydroxyl groups is 6. The Bertz CT molecular complexity index is 9480. The van der Waals surface area contributed by atoms with E-state index in [0.29, 0.717) is 18.7 Å². The maximum absolute atomic E-state index is 11.3. The van der Waals surface area contributed by atoms with Gasteiger partial charge in [-0.3, -0.25) is 29.4 Å². The second-order valence-corrected chi connectivity index (χ2v) is 34.3. The Labute approximate surface area is 967 Å². The van der Waals surface area contributed by atoms with Crippen LogP contribution in [0.2, 0.25) is 0 Å². The van der Waals surface area contributed by atoms with Crippen LogP contribution in [0.5, 0.6) is 69.0 Å². The van der Waals surface area contributed by atoms with Gasteiger partial charge in [-0.1, -0.05) is 96.6 Å². The first-order chi connectivity index (χ1) is 102. The number of rotatable bonds is 22. The minimum Gasteiger partial charge on any atom is -0.493 e. The van der Waals surface area contributed by atoms with Crippen molar-refractivity contribution in [3.05, 3.63) is 139 Å². The molecule has 12 aliphatic rings. The number of nitrogens with zero attached hydrogens (tertiary/aromatic N) is 6. The minimum absolute atomic E-state index is 0.0343. The van der Waals surface area contributed by atoms with Crippen molar-refractivity contribution in [3.63, 3.8) is 0 Å². The molecular weight excluding hydrogens is 1770 g/mol. The molecular formula is C116H178N6O18. The Hall–Kier alpha value is -7.56. The van der Waals surface area contributed by atoms with Crippen LogP contribution in [-0.2, 0) is 38.2 Å². The van der Waals surface area contributed by atoms with Crippen molar-refractivity contribution >= 4 is 0 Å². The second-order valence-electron chi connectivity index (χ2n) is 34.3. The van der Waals surface area contributed by atoms with Gasteiger partial charge in [0.2, 0.25) is 0 Å². The van der Waals surface area contributed by atoms with E-state index in [-0.39, 0.29) is 36.8 Å². The molecule has 6 aromatic carbocycles. The molecule has 12 heterocycles. The molecule has 6 fully saturated rings. The molecule has 18 atom stereocenters. The number of ether oxygens (including phenoxy) is 12. The monoisotopic (exact) mass is 2030 g/mol. The average molecular weight is 2040 g/mol. The van der Waals surface area contributed by atoms with Crippen LogP contribution in [0, 0.1) is 69.9 Å². The molecule has 12 aliphatic heterocycles. The van der Waals surface area contributed by atoms with Gasteiger partial charge in [0.05, 0.1) is 163 Å². The van der Waals surface area contributed by atoms with Gasteiger partial charge in [-0.05, 0) is 324 Å². The lowest BCUT2D eigenvalue weighted by atomic mass is 9.75. The van der Waals surface area contributed by atoms with Crippen LogP contribution in [-0.4, -0.2) is 260 Å². The van der Waals surface area contributed by atoms with E-state index < -0.39 is 580 Å². The van der Waals surface area contributed by atoms with Crippen molar-refractivity contribution in [2.75, 3.05) is 163 Å². The predicted octanol–water partition coefficient (Wildman–Crippen LogP) is 19.0. The van der Waals surface area contributed by atoms with E-state index in [0.717, 1.165) is 64.0 Å². The third-order valence-electron chi connectivity index (χ3n) is 21.6. The van der Waals surface area contributed by atoms with E-state index in [4.69, 9.17) is 173 Å². The number of fused-ring (bicyclic) bond motifs is 18. The smallest absolute Gasteiger partial charge is 0.161 e. The summed E-state index contributed by atoms with van der Waals surface area (Å²) in [5.74, 6) is -26.2. The van der Waals surface area contributed by atoms with E-state index in [1.807, 2.05) is 0 Å². The molecule has 780 valence electrons. The molecule has 0 bridgehead atoms. The van der Waals surface area contributed by atoms with Crippen molar-refractivity contribution in [3.8, 4) is 69.0 Å². The zero-order chi connectivity index (χ0) is 181.